The zero-order chi connectivity index (χ0) is 15.5. The average Bonchev–Trinajstić information content (AvgIpc) is 3.09. The molecule has 1 aromatic carbocycles. The van der Waals surface area contributed by atoms with E-state index in [1.165, 1.54) is 0 Å². The summed E-state index contributed by atoms with van der Waals surface area (Å²) in [5, 5.41) is 8.12. The van der Waals surface area contributed by atoms with Crippen LogP contribution in [0.25, 0.3) is 0 Å². The number of hydrogen-bond acceptors (Lipinski definition) is 5. The van der Waals surface area contributed by atoms with Crippen LogP contribution in [0.2, 0.25) is 0 Å². The lowest BCUT2D eigenvalue weighted by molar-refractivity contribution is -0.125. The summed E-state index contributed by atoms with van der Waals surface area (Å²) in [7, 11) is 0. The molecule has 0 saturated carbocycles. The molecule has 2 N–H and O–H groups in total. The van der Waals surface area contributed by atoms with Crippen molar-refractivity contribution in [1.29, 1.82) is 0 Å². The van der Waals surface area contributed by atoms with Gasteiger partial charge < -0.3 is 9.84 Å². The number of nitrogens with zero attached hydrogens (tertiary/aromatic N) is 2. The number of anilines is 1. The van der Waals surface area contributed by atoms with E-state index in [0.717, 1.165) is 5.56 Å². The predicted molar refractivity (Wildman–Crippen MR) is 78.5 cm³/mol. The van der Waals surface area contributed by atoms with E-state index in [1.807, 2.05) is 30.3 Å². The predicted octanol–water partition coefficient (Wildman–Crippen LogP) is 1.40. The number of aryl methyl sites for hydroxylation is 1. The molecule has 1 unspecified atom stereocenters. The highest BCUT2D eigenvalue weighted by Crippen LogP contribution is 2.23. The number of carbonyl (C=O) groups is 2. The number of benzene rings is 1. The molecule has 0 bridgehead atoms. The Labute approximate surface area is 127 Å². The number of amides is 2. The fraction of sp³-hybridized carbons (Fsp3) is 0.267. The highest BCUT2D eigenvalue weighted by atomic mass is 16.5. The van der Waals surface area contributed by atoms with Crippen LogP contribution in [0.3, 0.4) is 0 Å². The number of nitrogens with one attached hydrogen (secondary N) is 2. The molecule has 2 amide bonds. The molecule has 0 radical (unpaired) electrons. The SMILES string of the molecule is Cc1cc(NC(=O)C(c2ccccc2)N2CCC(=O)N2)no1. The molecule has 1 saturated heterocycles. The van der Waals surface area contributed by atoms with Crippen LogP contribution in [-0.2, 0) is 9.59 Å². The maximum atomic E-state index is 12.6. The molecule has 1 atom stereocenters. The molecule has 2 aromatic rings. The molecule has 0 aliphatic carbocycles. The fourth-order valence-electron chi connectivity index (χ4n) is 2.42. The average molecular weight is 300 g/mol. The third-order valence-electron chi connectivity index (χ3n) is 3.40. The van der Waals surface area contributed by atoms with E-state index in [0.29, 0.717) is 24.5 Å². The van der Waals surface area contributed by atoms with Crippen LogP contribution in [-0.4, -0.2) is 28.5 Å². The van der Waals surface area contributed by atoms with Gasteiger partial charge in [-0.2, -0.15) is 0 Å². The number of rotatable bonds is 4. The van der Waals surface area contributed by atoms with Crippen LogP contribution in [0.5, 0.6) is 0 Å². The van der Waals surface area contributed by atoms with Gasteiger partial charge >= 0.3 is 0 Å². The molecule has 1 aliphatic rings. The molecule has 7 nitrogen and oxygen atoms in total. The topological polar surface area (TPSA) is 87.5 Å². The summed E-state index contributed by atoms with van der Waals surface area (Å²) >= 11 is 0. The van der Waals surface area contributed by atoms with E-state index in [4.69, 9.17) is 4.52 Å². The van der Waals surface area contributed by atoms with Crippen molar-refractivity contribution in [3.8, 4) is 0 Å². The van der Waals surface area contributed by atoms with E-state index < -0.39 is 6.04 Å². The smallest absolute Gasteiger partial charge is 0.249 e. The third-order valence-corrected chi connectivity index (χ3v) is 3.40. The van der Waals surface area contributed by atoms with Gasteiger partial charge in [0.05, 0.1) is 0 Å². The van der Waals surface area contributed by atoms with Crippen LogP contribution >= 0.6 is 0 Å². The fourth-order valence-corrected chi connectivity index (χ4v) is 2.42. The summed E-state index contributed by atoms with van der Waals surface area (Å²) in [5.41, 5.74) is 3.51. The molecule has 1 aliphatic heterocycles. The zero-order valence-corrected chi connectivity index (χ0v) is 12.1. The lowest BCUT2D eigenvalue weighted by Crippen LogP contribution is -2.42. The normalized spacial score (nSPS) is 16.3. The first kappa shape index (κ1) is 14.3. The minimum absolute atomic E-state index is 0.0917. The van der Waals surface area contributed by atoms with Gasteiger partial charge in [-0.1, -0.05) is 35.5 Å². The molecule has 7 heteroatoms. The van der Waals surface area contributed by atoms with Crippen molar-refractivity contribution >= 4 is 17.6 Å². The summed E-state index contributed by atoms with van der Waals surface area (Å²) in [6.07, 6.45) is 0.375. The number of hydrazine groups is 1. The summed E-state index contributed by atoms with van der Waals surface area (Å²) < 4.78 is 4.95. The largest absolute Gasteiger partial charge is 0.360 e. The Morgan fingerprint density at radius 3 is 2.77 bits per heavy atom. The maximum absolute atomic E-state index is 12.6. The molecule has 114 valence electrons. The molecule has 3 rings (SSSR count). The van der Waals surface area contributed by atoms with Crippen LogP contribution < -0.4 is 10.7 Å². The van der Waals surface area contributed by atoms with Crippen LogP contribution in [0.15, 0.2) is 40.9 Å². The van der Waals surface area contributed by atoms with E-state index in [1.54, 1.807) is 18.0 Å². The van der Waals surface area contributed by atoms with Gasteiger partial charge in [0.25, 0.3) is 0 Å². The lowest BCUT2D eigenvalue weighted by atomic mass is 10.1. The first-order valence-electron chi connectivity index (χ1n) is 6.99. The number of hydrogen-bond donors (Lipinski definition) is 2. The van der Waals surface area contributed by atoms with Gasteiger partial charge in [-0.15, -0.1) is 0 Å². The highest BCUT2D eigenvalue weighted by Gasteiger charge is 2.33. The van der Waals surface area contributed by atoms with Crippen molar-refractivity contribution in [3.05, 3.63) is 47.7 Å². The van der Waals surface area contributed by atoms with Crippen molar-refractivity contribution in [3.63, 3.8) is 0 Å². The summed E-state index contributed by atoms with van der Waals surface area (Å²) in [5.74, 6) is 0.600. The van der Waals surface area contributed by atoms with Crippen molar-refractivity contribution < 1.29 is 14.1 Å². The minimum Gasteiger partial charge on any atom is -0.360 e. The number of aromatic nitrogens is 1. The van der Waals surface area contributed by atoms with Crippen molar-refractivity contribution in [2.24, 2.45) is 0 Å². The van der Waals surface area contributed by atoms with Crippen LogP contribution in [0, 0.1) is 6.92 Å². The molecule has 2 heterocycles. The van der Waals surface area contributed by atoms with Gasteiger partial charge in [0.15, 0.2) is 5.82 Å². The Morgan fingerprint density at radius 1 is 1.41 bits per heavy atom. The second kappa shape index (κ2) is 5.98. The third kappa shape index (κ3) is 2.99. The monoisotopic (exact) mass is 300 g/mol. The van der Waals surface area contributed by atoms with E-state index in [9.17, 15) is 9.59 Å². The highest BCUT2D eigenvalue weighted by molar-refractivity contribution is 5.95. The Bertz CT molecular complexity index is 683. The lowest BCUT2D eigenvalue weighted by Gasteiger charge is -2.25. The van der Waals surface area contributed by atoms with Gasteiger partial charge in [-0.05, 0) is 12.5 Å². The van der Waals surface area contributed by atoms with Crippen molar-refractivity contribution in [2.45, 2.75) is 19.4 Å². The zero-order valence-electron chi connectivity index (χ0n) is 12.1. The summed E-state index contributed by atoms with van der Waals surface area (Å²) in [4.78, 5) is 24.1. The quantitative estimate of drug-likeness (QED) is 0.891. The van der Waals surface area contributed by atoms with Gasteiger partial charge in [0.2, 0.25) is 11.8 Å². The Kier molecular flexibility index (Phi) is 3.88. The Balaban J connectivity index is 1.84. The maximum Gasteiger partial charge on any atom is 0.249 e. The summed E-state index contributed by atoms with van der Waals surface area (Å²) in [6.45, 7) is 2.22. The summed E-state index contributed by atoms with van der Waals surface area (Å²) in [6, 6.07) is 10.3. The molecular formula is C15H16N4O3. The van der Waals surface area contributed by atoms with Crippen molar-refractivity contribution in [1.82, 2.24) is 15.6 Å². The standard InChI is InChI=1S/C15H16N4O3/c1-10-9-12(18-22-10)16-15(21)14(11-5-3-2-4-6-11)19-8-7-13(20)17-19/h2-6,9,14H,7-8H2,1H3,(H,17,20)(H,16,18,21). The van der Waals surface area contributed by atoms with Crippen LogP contribution in [0.1, 0.15) is 23.8 Å². The second-order valence-corrected chi connectivity index (χ2v) is 5.10. The Hall–Kier alpha value is -2.67. The minimum atomic E-state index is -0.621. The molecule has 1 aromatic heterocycles. The first-order chi connectivity index (χ1) is 10.6. The van der Waals surface area contributed by atoms with Gasteiger partial charge in [-0.3, -0.25) is 15.0 Å². The first-order valence-corrected chi connectivity index (χ1v) is 6.99. The van der Waals surface area contributed by atoms with Crippen LogP contribution in [0.4, 0.5) is 5.82 Å². The number of carbonyl (C=O) groups excluding carboxylic acids is 2. The molecular weight excluding hydrogens is 284 g/mol. The van der Waals surface area contributed by atoms with Gasteiger partial charge in [-0.25, -0.2) is 5.01 Å². The van der Waals surface area contributed by atoms with Gasteiger partial charge in [0, 0.05) is 19.0 Å². The molecule has 22 heavy (non-hydrogen) atoms. The molecule has 1 fully saturated rings. The van der Waals surface area contributed by atoms with E-state index >= 15 is 0 Å². The van der Waals surface area contributed by atoms with Gasteiger partial charge in [0.1, 0.15) is 11.8 Å². The molecule has 0 spiro atoms. The van der Waals surface area contributed by atoms with Crippen molar-refractivity contribution in [2.75, 3.05) is 11.9 Å². The van der Waals surface area contributed by atoms with E-state index in [2.05, 4.69) is 15.9 Å². The Morgan fingerprint density at radius 2 is 2.18 bits per heavy atom. The van der Waals surface area contributed by atoms with E-state index in [-0.39, 0.29) is 11.8 Å². The second-order valence-electron chi connectivity index (χ2n) is 5.10.